The van der Waals surface area contributed by atoms with Crippen LogP contribution in [0.4, 0.5) is 10.5 Å². The molecule has 0 atom stereocenters. The molecule has 0 fully saturated rings. The van der Waals surface area contributed by atoms with Gasteiger partial charge < -0.3 is 9.73 Å². The maximum absolute atomic E-state index is 11.9. The predicted octanol–water partition coefficient (Wildman–Crippen LogP) is 4.75. The van der Waals surface area contributed by atoms with Crippen LogP contribution in [0.5, 0.6) is 0 Å². The first-order valence-corrected chi connectivity index (χ1v) is 8.93. The van der Waals surface area contributed by atoms with Gasteiger partial charge in [-0.05, 0) is 23.3 Å². The highest BCUT2D eigenvalue weighted by molar-refractivity contribution is 6.36. The number of urea groups is 1. The van der Waals surface area contributed by atoms with Crippen molar-refractivity contribution in [1.82, 2.24) is 10.3 Å². The van der Waals surface area contributed by atoms with Crippen molar-refractivity contribution >= 4 is 41.1 Å². The van der Waals surface area contributed by atoms with E-state index in [4.69, 9.17) is 27.6 Å². The second kappa shape index (κ2) is 7.42. The quantitative estimate of drug-likeness (QED) is 0.686. The molecule has 0 bridgehead atoms. The van der Waals surface area contributed by atoms with E-state index in [1.807, 2.05) is 24.3 Å². The molecule has 1 aliphatic rings. The van der Waals surface area contributed by atoms with Gasteiger partial charge in [0.05, 0.1) is 18.4 Å². The first kappa shape index (κ1) is 17.6. The van der Waals surface area contributed by atoms with Gasteiger partial charge in [-0.3, -0.25) is 0 Å². The molecule has 6 nitrogen and oxygen atoms in total. The zero-order chi connectivity index (χ0) is 18.8. The smallest absolute Gasteiger partial charge is 0.342 e. The molecule has 3 aromatic rings. The summed E-state index contributed by atoms with van der Waals surface area (Å²) in [7, 11) is 0. The van der Waals surface area contributed by atoms with Gasteiger partial charge in [0.1, 0.15) is 0 Å². The summed E-state index contributed by atoms with van der Waals surface area (Å²) in [6.45, 7) is 0.402. The molecule has 2 amide bonds. The average molecular weight is 401 g/mol. The van der Waals surface area contributed by atoms with Crippen molar-refractivity contribution in [1.29, 1.82) is 0 Å². The molecule has 0 aliphatic carbocycles. The van der Waals surface area contributed by atoms with Gasteiger partial charge in [0.25, 0.3) is 0 Å². The Kier molecular flexibility index (Phi) is 4.83. The first-order valence-electron chi connectivity index (χ1n) is 8.18. The van der Waals surface area contributed by atoms with Crippen molar-refractivity contribution in [3.63, 3.8) is 0 Å². The summed E-state index contributed by atoms with van der Waals surface area (Å²) in [6.07, 6.45) is 5.23. The minimum Gasteiger partial charge on any atom is -0.444 e. The number of nitrogens with zero attached hydrogens (tertiary/aromatic N) is 3. The fourth-order valence-electron chi connectivity index (χ4n) is 2.80. The molecule has 1 aromatic heterocycles. The Morgan fingerprint density at radius 1 is 1.15 bits per heavy atom. The third kappa shape index (κ3) is 3.67. The van der Waals surface area contributed by atoms with Gasteiger partial charge in [-0.25, -0.2) is 9.78 Å². The summed E-state index contributed by atoms with van der Waals surface area (Å²) in [6, 6.07) is 10.9. The summed E-state index contributed by atoms with van der Waals surface area (Å²) in [4.78, 5) is 15.8. The van der Waals surface area contributed by atoms with Crippen LogP contribution in [0.2, 0.25) is 10.0 Å². The average Bonchev–Trinajstić information content (AvgIpc) is 3.20. The number of anilines is 1. The van der Waals surface area contributed by atoms with Gasteiger partial charge in [-0.2, -0.15) is 10.1 Å². The standard InChI is InChI=1S/C19H14Cl2N4O2/c20-16-8-14(25-19(26)23-5-6-24-25)9-17(21)15(16)7-12-1-3-13(4-2-12)18-10-22-11-27-18/h1-4,6,8-11H,5,7H2,(H,23,26). The number of hydrazone groups is 1. The molecule has 2 aromatic carbocycles. The second-order valence-electron chi connectivity index (χ2n) is 5.92. The number of aromatic nitrogens is 1. The van der Waals surface area contributed by atoms with E-state index in [2.05, 4.69) is 15.4 Å². The second-order valence-corrected chi connectivity index (χ2v) is 6.74. The van der Waals surface area contributed by atoms with E-state index in [0.717, 1.165) is 16.7 Å². The van der Waals surface area contributed by atoms with Crippen molar-refractivity contribution in [2.45, 2.75) is 6.42 Å². The predicted molar refractivity (Wildman–Crippen MR) is 106 cm³/mol. The van der Waals surface area contributed by atoms with Crippen LogP contribution < -0.4 is 10.3 Å². The number of amides is 2. The molecule has 1 N–H and O–H groups in total. The Morgan fingerprint density at radius 3 is 2.52 bits per heavy atom. The van der Waals surface area contributed by atoms with E-state index in [-0.39, 0.29) is 6.03 Å². The van der Waals surface area contributed by atoms with Gasteiger partial charge in [-0.15, -0.1) is 0 Å². The Balaban J connectivity index is 1.58. The van der Waals surface area contributed by atoms with Crippen LogP contribution in [-0.2, 0) is 6.42 Å². The largest absolute Gasteiger partial charge is 0.444 e. The first-order chi connectivity index (χ1) is 13.1. The SMILES string of the molecule is O=C1NCC=NN1c1cc(Cl)c(Cc2ccc(-c3cnco3)cc2)c(Cl)c1. The lowest BCUT2D eigenvalue weighted by atomic mass is 10.0. The van der Waals surface area contributed by atoms with Crippen molar-refractivity contribution < 1.29 is 9.21 Å². The maximum Gasteiger partial charge on any atom is 0.342 e. The molecular formula is C19H14Cl2N4O2. The van der Waals surface area contributed by atoms with Crippen molar-refractivity contribution in [2.24, 2.45) is 5.10 Å². The number of carbonyl (C=O) groups excluding carboxylic acids is 1. The third-order valence-electron chi connectivity index (χ3n) is 4.16. The van der Waals surface area contributed by atoms with E-state index in [9.17, 15) is 4.79 Å². The molecule has 0 spiro atoms. The number of hydrogen-bond acceptors (Lipinski definition) is 4. The lowest BCUT2D eigenvalue weighted by molar-refractivity contribution is 0.247. The minimum atomic E-state index is -0.319. The number of carbonyl (C=O) groups is 1. The van der Waals surface area contributed by atoms with E-state index in [1.54, 1.807) is 24.5 Å². The summed E-state index contributed by atoms with van der Waals surface area (Å²) in [5, 5.41) is 8.94. The lowest BCUT2D eigenvalue weighted by Gasteiger charge is -2.22. The maximum atomic E-state index is 11.9. The zero-order valence-corrected chi connectivity index (χ0v) is 15.5. The lowest BCUT2D eigenvalue weighted by Crippen LogP contribution is -2.41. The minimum absolute atomic E-state index is 0.319. The third-order valence-corrected chi connectivity index (χ3v) is 4.83. The highest BCUT2D eigenvalue weighted by Gasteiger charge is 2.20. The summed E-state index contributed by atoms with van der Waals surface area (Å²) < 4.78 is 5.29. The normalized spacial score (nSPS) is 13.7. The Bertz CT molecular complexity index is 978. The van der Waals surface area contributed by atoms with Gasteiger partial charge in [0.15, 0.2) is 12.2 Å². The van der Waals surface area contributed by atoms with Crippen molar-refractivity contribution in [3.8, 4) is 11.3 Å². The molecule has 27 heavy (non-hydrogen) atoms. The number of halogens is 2. The molecule has 4 rings (SSSR count). The number of hydrogen-bond donors (Lipinski definition) is 1. The Morgan fingerprint density at radius 2 is 1.89 bits per heavy atom. The zero-order valence-electron chi connectivity index (χ0n) is 14.0. The molecule has 136 valence electrons. The van der Waals surface area contributed by atoms with E-state index in [1.165, 1.54) is 11.4 Å². The molecule has 0 saturated carbocycles. The van der Waals surface area contributed by atoms with Crippen LogP contribution in [0, 0.1) is 0 Å². The molecule has 0 saturated heterocycles. The van der Waals surface area contributed by atoms with Crippen molar-refractivity contribution in [2.75, 3.05) is 11.6 Å². The van der Waals surface area contributed by atoms with E-state index in [0.29, 0.717) is 34.5 Å². The fourth-order valence-corrected chi connectivity index (χ4v) is 3.41. The number of benzene rings is 2. The van der Waals surface area contributed by atoms with Crippen LogP contribution in [0.1, 0.15) is 11.1 Å². The molecular weight excluding hydrogens is 387 g/mol. The number of rotatable bonds is 4. The van der Waals surface area contributed by atoms with Crippen LogP contribution in [-0.4, -0.2) is 23.8 Å². The van der Waals surface area contributed by atoms with Crippen molar-refractivity contribution in [3.05, 3.63) is 70.2 Å². The fraction of sp³-hybridized carbons (Fsp3) is 0.105. The number of nitrogens with one attached hydrogen (secondary N) is 1. The molecule has 0 unspecified atom stereocenters. The van der Waals surface area contributed by atoms with Crippen LogP contribution >= 0.6 is 23.2 Å². The highest BCUT2D eigenvalue weighted by Crippen LogP contribution is 2.33. The van der Waals surface area contributed by atoms with E-state index >= 15 is 0 Å². The summed E-state index contributed by atoms with van der Waals surface area (Å²) in [5.41, 5.74) is 3.29. The molecule has 2 heterocycles. The Hall–Kier alpha value is -2.83. The van der Waals surface area contributed by atoms with Gasteiger partial charge in [0.2, 0.25) is 0 Å². The van der Waals surface area contributed by atoms with Crippen LogP contribution in [0.3, 0.4) is 0 Å². The van der Waals surface area contributed by atoms with Crippen LogP contribution in [0.25, 0.3) is 11.3 Å². The number of oxazole rings is 1. The van der Waals surface area contributed by atoms with E-state index < -0.39 is 0 Å². The Labute approximate surface area is 165 Å². The monoisotopic (exact) mass is 400 g/mol. The summed E-state index contributed by atoms with van der Waals surface area (Å²) >= 11 is 12.9. The van der Waals surface area contributed by atoms with Gasteiger partial charge >= 0.3 is 6.03 Å². The summed E-state index contributed by atoms with van der Waals surface area (Å²) in [5.74, 6) is 0.710. The molecule has 0 radical (unpaired) electrons. The van der Waals surface area contributed by atoms with Gasteiger partial charge in [0, 0.05) is 28.2 Å². The highest BCUT2D eigenvalue weighted by atomic mass is 35.5. The molecule has 8 heteroatoms. The topological polar surface area (TPSA) is 70.7 Å². The molecule has 1 aliphatic heterocycles. The van der Waals surface area contributed by atoms with Crippen LogP contribution in [0.15, 0.2) is 58.5 Å². The van der Waals surface area contributed by atoms with Gasteiger partial charge in [-0.1, -0.05) is 47.5 Å².